The summed E-state index contributed by atoms with van der Waals surface area (Å²) in [5.41, 5.74) is 3.78. The molecule has 0 atom stereocenters. The number of phenols is 1. The second-order valence-corrected chi connectivity index (χ2v) is 9.45. The van der Waals surface area contributed by atoms with E-state index >= 15 is 0 Å². The molecule has 0 bridgehead atoms. The summed E-state index contributed by atoms with van der Waals surface area (Å²) in [7, 11) is 0. The van der Waals surface area contributed by atoms with Crippen LogP contribution in [0.15, 0.2) is 64.5 Å². The fraction of sp³-hybridized carbons (Fsp3) is 0.0833. The van der Waals surface area contributed by atoms with Gasteiger partial charge in [-0.25, -0.2) is 4.99 Å². The van der Waals surface area contributed by atoms with Crippen molar-refractivity contribution in [3.63, 3.8) is 0 Å². The summed E-state index contributed by atoms with van der Waals surface area (Å²) < 4.78 is 0. The van der Waals surface area contributed by atoms with Crippen molar-refractivity contribution in [1.82, 2.24) is 0 Å². The number of amidine groups is 1. The number of phenolic OH excluding ortho intramolecular Hbond substituents is 1. The van der Waals surface area contributed by atoms with Crippen molar-refractivity contribution < 1.29 is 9.90 Å². The molecule has 3 aromatic carbocycles. The molecule has 0 saturated carbocycles. The highest BCUT2D eigenvalue weighted by molar-refractivity contribution is 8.19. The lowest BCUT2D eigenvalue weighted by atomic mass is 10.2. The average Bonchev–Trinajstić information content (AvgIpc) is 3.04. The van der Waals surface area contributed by atoms with E-state index in [1.807, 2.05) is 38.1 Å². The third-order valence-corrected chi connectivity index (χ3v) is 6.96. The molecule has 1 amide bonds. The minimum atomic E-state index is -0.240. The van der Waals surface area contributed by atoms with Crippen LogP contribution in [-0.4, -0.2) is 16.2 Å². The Labute approximate surface area is 205 Å². The van der Waals surface area contributed by atoms with Gasteiger partial charge in [-0.15, -0.1) is 0 Å². The predicted octanol–water partition coefficient (Wildman–Crippen LogP) is 7.78. The first-order valence-electron chi connectivity index (χ1n) is 9.56. The lowest BCUT2D eigenvalue weighted by Gasteiger charge is -2.16. The van der Waals surface area contributed by atoms with E-state index in [1.165, 1.54) is 22.7 Å². The number of nitrogens with zero attached hydrogens (tertiary/aromatic N) is 2. The first-order chi connectivity index (χ1) is 15.2. The Balaban J connectivity index is 1.81. The number of aromatic hydroxyl groups is 1. The number of halogens is 3. The average molecular weight is 504 g/mol. The van der Waals surface area contributed by atoms with Gasteiger partial charge in [-0.05, 0) is 84.8 Å². The van der Waals surface area contributed by atoms with Crippen molar-refractivity contribution in [2.24, 2.45) is 4.99 Å². The largest absolute Gasteiger partial charge is 0.506 e. The van der Waals surface area contributed by atoms with E-state index in [9.17, 15) is 9.90 Å². The fourth-order valence-electron chi connectivity index (χ4n) is 3.02. The van der Waals surface area contributed by atoms with Crippen LogP contribution in [0.2, 0.25) is 15.1 Å². The van der Waals surface area contributed by atoms with Crippen LogP contribution in [0.4, 0.5) is 11.4 Å². The molecule has 0 aromatic heterocycles. The topological polar surface area (TPSA) is 52.9 Å². The van der Waals surface area contributed by atoms with Gasteiger partial charge < -0.3 is 5.11 Å². The molecule has 0 radical (unpaired) electrons. The zero-order valence-electron chi connectivity index (χ0n) is 17.1. The van der Waals surface area contributed by atoms with E-state index in [0.717, 1.165) is 11.1 Å². The van der Waals surface area contributed by atoms with Crippen molar-refractivity contribution in [3.05, 3.63) is 91.3 Å². The summed E-state index contributed by atoms with van der Waals surface area (Å²) in [4.78, 5) is 20.1. The molecule has 0 aliphatic carbocycles. The molecule has 1 fully saturated rings. The van der Waals surface area contributed by atoms with E-state index in [4.69, 9.17) is 39.8 Å². The highest BCUT2D eigenvalue weighted by atomic mass is 35.5. The van der Waals surface area contributed by atoms with Crippen LogP contribution < -0.4 is 4.90 Å². The van der Waals surface area contributed by atoms with E-state index in [-0.39, 0.29) is 16.7 Å². The second kappa shape index (κ2) is 9.20. The van der Waals surface area contributed by atoms with Crippen molar-refractivity contribution in [2.45, 2.75) is 13.8 Å². The van der Waals surface area contributed by atoms with Gasteiger partial charge in [0.1, 0.15) is 5.75 Å². The Kier molecular flexibility index (Phi) is 6.54. The fourth-order valence-corrected chi connectivity index (χ4v) is 4.56. The summed E-state index contributed by atoms with van der Waals surface area (Å²) >= 11 is 19.9. The quantitative estimate of drug-likeness (QED) is 0.371. The van der Waals surface area contributed by atoms with Gasteiger partial charge in [0.05, 0.1) is 21.3 Å². The number of aryl methyl sites for hydroxylation is 2. The Morgan fingerprint density at radius 3 is 2.25 bits per heavy atom. The van der Waals surface area contributed by atoms with Gasteiger partial charge in [-0.1, -0.05) is 53.0 Å². The summed E-state index contributed by atoms with van der Waals surface area (Å²) in [5.74, 6) is -0.260. The Morgan fingerprint density at radius 2 is 1.59 bits per heavy atom. The number of aliphatic imine (C=N–C) groups is 1. The van der Waals surface area contributed by atoms with Crippen LogP contribution in [0.25, 0.3) is 6.08 Å². The van der Waals surface area contributed by atoms with Gasteiger partial charge in [0.25, 0.3) is 5.91 Å². The normalized spacial score (nSPS) is 16.4. The Morgan fingerprint density at radius 1 is 0.906 bits per heavy atom. The van der Waals surface area contributed by atoms with Gasteiger partial charge in [0.15, 0.2) is 5.17 Å². The highest BCUT2D eigenvalue weighted by Crippen LogP contribution is 2.39. The molecular formula is C24H17Cl3N2O2S. The Hall–Kier alpha value is -2.44. The standard InChI is InChI=1S/C24H17Cl3N2O2S/c1-13-3-6-16(11-18(13)25)28-24-29(17-7-4-14(2)19(26)12-17)23(31)22(32-24)10-15-5-8-21(30)20(27)9-15/h3-12,30H,1-2H3/b22-10+,28-24-. The van der Waals surface area contributed by atoms with Crippen LogP contribution in [-0.2, 0) is 4.79 Å². The predicted molar refractivity (Wildman–Crippen MR) is 136 cm³/mol. The smallest absolute Gasteiger partial charge is 0.271 e. The van der Waals surface area contributed by atoms with Crippen LogP contribution in [0, 0.1) is 13.8 Å². The number of hydrogen-bond acceptors (Lipinski definition) is 4. The van der Waals surface area contributed by atoms with Crippen LogP contribution >= 0.6 is 46.6 Å². The number of thioether (sulfide) groups is 1. The molecule has 4 nitrogen and oxygen atoms in total. The molecule has 1 heterocycles. The monoisotopic (exact) mass is 502 g/mol. The highest BCUT2D eigenvalue weighted by Gasteiger charge is 2.35. The van der Waals surface area contributed by atoms with Crippen molar-refractivity contribution in [1.29, 1.82) is 0 Å². The number of rotatable bonds is 3. The lowest BCUT2D eigenvalue weighted by Crippen LogP contribution is -2.28. The van der Waals surface area contributed by atoms with Gasteiger partial charge >= 0.3 is 0 Å². The molecule has 1 saturated heterocycles. The molecule has 162 valence electrons. The van der Waals surface area contributed by atoms with Gasteiger partial charge in [-0.2, -0.15) is 0 Å². The van der Waals surface area contributed by atoms with Crippen LogP contribution in [0.3, 0.4) is 0 Å². The summed E-state index contributed by atoms with van der Waals surface area (Å²) in [5, 5.41) is 11.5. The number of benzene rings is 3. The van der Waals surface area contributed by atoms with Crippen molar-refractivity contribution >= 4 is 75.1 Å². The minimum Gasteiger partial charge on any atom is -0.506 e. The van der Waals surface area contributed by atoms with Gasteiger partial charge in [0, 0.05) is 10.0 Å². The summed E-state index contributed by atoms with van der Waals surface area (Å²) in [6, 6.07) is 15.7. The molecule has 8 heteroatoms. The molecule has 0 spiro atoms. The van der Waals surface area contributed by atoms with Crippen molar-refractivity contribution in [3.8, 4) is 5.75 Å². The maximum atomic E-state index is 13.4. The second-order valence-electron chi connectivity index (χ2n) is 7.22. The van der Waals surface area contributed by atoms with Crippen LogP contribution in [0.1, 0.15) is 16.7 Å². The summed E-state index contributed by atoms with van der Waals surface area (Å²) in [6.07, 6.45) is 1.71. The molecule has 3 aromatic rings. The minimum absolute atomic E-state index is 0.0198. The summed E-state index contributed by atoms with van der Waals surface area (Å²) in [6.45, 7) is 3.81. The maximum absolute atomic E-state index is 13.4. The molecule has 4 rings (SSSR count). The lowest BCUT2D eigenvalue weighted by molar-refractivity contribution is -0.113. The van der Waals surface area contributed by atoms with Crippen molar-refractivity contribution in [2.75, 3.05) is 4.90 Å². The SMILES string of the molecule is Cc1ccc(/N=C2\S/C(=C/c3ccc(O)c(Cl)c3)C(=O)N2c2ccc(C)c(Cl)c2)cc1Cl. The molecular weight excluding hydrogens is 487 g/mol. The van der Waals surface area contributed by atoms with E-state index in [1.54, 1.807) is 30.3 Å². The molecule has 32 heavy (non-hydrogen) atoms. The molecule has 1 N–H and O–H groups in total. The Bertz CT molecular complexity index is 1300. The number of amides is 1. The maximum Gasteiger partial charge on any atom is 0.271 e. The molecule has 0 unspecified atom stereocenters. The third-order valence-electron chi connectivity index (χ3n) is 4.87. The molecule has 1 aliphatic heterocycles. The van der Waals surface area contributed by atoms with Gasteiger partial charge in [0.2, 0.25) is 0 Å². The number of anilines is 1. The number of hydrogen-bond donors (Lipinski definition) is 1. The molecule has 1 aliphatic rings. The van der Waals surface area contributed by atoms with E-state index in [2.05, 4.69) is 0 Å². The zero-order chi connectivity index (χ0) is 23.0. The number of carbonyl (C=O) groups excluding carboxylic acids is 1. The van der Waals surface area contributed by atoms with Gasteiger partial charge in [-0.3, -0.25) is 9.69 Å². The third kappa shape index (κ3) is 4.66. The number of carbonyl (C=O) groups is 1. The zero-order valence-corrected chi connectivity index (χ0v) is 20.1. The van der Waals surface area contributed by atoms with E-state index < -0.39 is 0 Å². The first kappa shape index (κ1) is 22.7. The van der Waals surface area contributed by atoms with Crippen LogP contribution in [0.5, 0.6) is 5.75 Å². The van der Waals surface area contributed by atoms with E-state index in [0.29, 0.717) is 37.1 Å². The first-order valence-corrected chi connectivity index (χ1v) is 11.5.